The Morgan fingerprint density at radius 3 is 2.68 bits per heavy atom. The summed E-state index contributed by atoms with van der Waals surface area (Å²) in [5.41, 5.74) is 2.27. The first-order chi connectivity index (χ1) is 12.1. The number of carboxylic acids is 1. The number of carbonyl (C=O) groups is 1. The summed E-state index contributed by atoms with van der Waals surface area (Å²) in [6.07, 6.45) is 1.69. The molecule has 0 aliphatic rings. The normalized spacial score (nSPS) is 11.5. The van der Waals surface area contributed by atoms with Crippen LogP contribution in [-0.4, -0.2) is 30.3 Å². The Kier molecular flexibility index (Phi) is 5.00. The van der Waals surface area contributed by atoms with Gasteiger partial charge in [-0.15, -0.1) is 11.3 Å². The molecule has 3 aromatic rings. The van der Waals surface area contributed by atoms with Gasteiger partial charge in [0, 0.05) is 11.6 Å². The topological polar surface area (TPSA) is 68.7 Å². The average molecular weight is 355 g/mol. The summed E-state index contributed by atoms with van der Waals surface area (Å²) in [5.74, 6) is 0.384. The number of nitrogens with zero attached hydrogens (tertiary/aromatic N) is 1. The first-order valence-electron chi connectivity index (χ1n) is 7.61. The number of rotatable bonds is 6. The lowest BCUT2D eigenvalue weighted by atomic mass is 10.1. The number of thiazole rings is 1. The van der Waals surface area contributed by atoms with Crippen molar-refractivity contribution >= 4 is 39.2 Å². The molecule has 25 heavy (non-hydrogen) atoms. The highest BCUT2D eigenvalue weighted by Gasteiger charge is 2.14. The van der Waals surface area contributed by atoms with Gasteiger partial charge in [0.1, 0.15) is 16.5 Å². The lowest BCUT2D eigenvalue weighted by molar-refractivity contribution is -0.135. The van der Waals surface area contributed by atoms with Crippen molar-refractivity contribution in [2.75, 3.05) is 14.2 Å². The summed E-state index contributed by atoms with van der Waals surface area (Å²) in [7, 11) is 3.15. The molecule has 1 aromatic heterocycles. The van der Waals surface area contributed by atoms with Crippen molar-refractivity contribution in [3.8, 4) is 11.5 Å². The molecule has 0 saturated carbocycles. The molecule has 0 saturated heterocycles. The molecule has 0 spiro atoms. The zero-order chi connectivity index (χ0) is 17.8. The van der Waals surface area contributed by atoms with Crippen LogP contribution in [0.3, 0.4) is 0 Å². The van der Waals surface area contributed by atoms with E-state index in [1.807, 2.05) is 42.5 Å². The van der Waals surface area contributed by atoms with E-state index in [0.29, 0.717) is 22.1 Å². The van der Waals surface area contributed by atoms with Gasteiger partial charge in [0.25, 0.3) is 0 Å². The summed E-state index contributed by atoms with van der Waals surface area (Å²) in [5, 5.41) is 9.99. The number of aliphatic carboxylic acids is 1. The van der Waals surface area contributed by atoms with Crippen molar-refractivity contribution in [1.82, 2.24) is 4.98 Å². The quantitative estimate of drug-likeness (QED) is 0.713. The molecule has 0 radical (unpaired) electrons. The SMILES string of the molecule is COc1ccc(C=C(CC(=O)O)c2nc3ccccc3s2)c(OC)c1. The van der Waals surface area contributed by atoms with E-state index in [0.717, 1.165) is 15.8 Å². The molecule has 0 fully saturated rings. The fraction of sp³-hybridized carbons (Fsp3) is 0.158. The summed E-state index contributed by atoms with van der Waals surface area (Å²) in [4.78, 5) is 15.9. The van der Waals surface area contributed by atoms with Crippen LogP contribution in [0.1, 0.15) is 17.0 Å². The largest absolute Gasteiger partial charge is 0.497 e. The van der Waals surface area contributed by atoms with E-state index in [-0.39, 0.29) is 6.42 Å². The molecule has 3 rings (SSSR count). The lowest BCUT2D eigenvalue weighted by Crippen LogP contribution is -1.97. The third-order valence-electron chi connectivity index (χ3n) is 3.68. The lowest BCUT2D eigenvalue weighted by Gasteiger charge is -2.09. The Bertz CT molecular complexity index is 913. The first-order valence-corrected chi connectivity index (χ1v) is 8.42. The summed E-state index contributed by atoms with van der Waals surface area (Å²) in [6.45, 7) is 0. The van der Waals surface area contributed by atoms with E-state index in [1.54, 1.807) is 20.3 Å². The van der Waals surface area contributed by atoms with Crippen molar-refractivity contribution in [1.29, 1.82) is 0 Å². The van der Waals surface area contributed by atoms with Gasteiger partial charge in [-0.3, -0.25) is 4.79 Å². The second-order valence-electron chi connectivity index (χ2n) is 5.33. The van der Waals surface area contributed by atoms with Crippen molar-refractivity contribution < 1.29 is 19.4 Å². The predicted molar refractivity (Wildman–Crippen MR) is 99.3 cm³/mol. The van der Waals surface area contributed by atoms with E-state index in [1.165, 1.54) is 11.3 Å². The first kappa shape index (κ1) is 17.0. The van der Waals surface area contributed by atoms with Gasteiger partial charge in [0.2, 0.25) is 0 Å². The molecule has 0 unspecified atom stereocenters. The Balaban J connectivity index is 2.09. The third kappa shape index (κ3) is 3.80. The number of benzene rings is 2. The number of hydrogen-bond donors (Lipinski definition) is 1. The average Bonchev–Trinajstić information content (AvgIpc) is 3.05. The molecule has 1 N–H and O–H groups in total. The van der Waals surface area contributed by atoms with Gasteiger partial charge in [-0.2, -0.15) is 0 Å². The van der Waals surface area contributed by atoms with Crippen molar-refractivity contribution in [2.45, 2.75) is 6.42 Å². The number of carboxylic acid groups (broad SMARTS) is 1. The molecule has 6 heteroatoms. The van der Waals surface area contributed by atoms with Crippen molar-refractivity contribution in [3.05, 3.63) is 53.0 Å². The number of methoxy groups -OCH3 is 2. The van der Waals surface area contributed by atoms with E-state index < -0.39 is 5.97 Å². The zero-order valence-electron chi connectivity index (χ0n) is 13.9. The molecule has 2 aromatic carbocycles. The van der Waals surface area contributed by atoms with Crippen LogP contribution in [0, 0.1) is 0 Å². The van der Waals surface area contributed by atoms with Crippen LogP contribution in [0.4, 0.5) is 0 Å². The highest BCUT2D eigenvalue weighted by Crippen LogP contribution is 2.33. The molecule has 128 valence electrons. The molecule has 0 aliphatic carbocycles. The van der Waals surface area contributed by atoms with Crippen LogP contribution in [-0.2, 0) is 4.79 Å². The van der Waals surface area contributed by atoms with Crippen molar-refractivity contribution in [2.24, 2.45) is 0 Å². The van der Waals surface area contributed by atoms with Gasteiger partial charge in [0.05, 0.1) is 30.9 Å². The zero-order valence-corrected chi connectivity index (χ0v) is 14.7. The number of hydrogen-bond acceptors (Lipinski definition) is 5. The maximum absolute atomic E-state index is 11.3. The minimum absolute atomic E-state index is 0.116. The van der Waals surface area contributed by atoms with Crippen LogP contribution in [0.2, 0.25) is 0 Å². The Morgan fingerprint density at radius 1 is 1.20 bits per heavy atom. The predicted octanol–water partition coefficient (Wildman–Crippen LogP) is 4.33. The third-order valence-corrected chi connectivity index (χ3v) is 4.79. The highest BCUT2D eigenvalue weighted by molar-refractivity contribution is 7.19. The Labute approximate surface area is 149 Å². The van der Waals surface area contributed by atoms with Crippen LogP contribution in [0.25, 0.3) is 21.9 Å². The smallest absolute Gasteiger partial charge is 0.307 e. The summed E-state index contributed by atoms with van der Waals surface area (Å²) >= 11 is 1.48. The van der Waals surface area contributed by atoms with Crippen LogP contribution in [0.5, 0.6) is 11.5 Å². The van der Waals surface area contributed by atoms with Crippen LogP contribution in [0.15, 0.2) is 42.5 Å². The van der Waals surface area contributed by atoms with E-state index in [4.69, 9.17) is 9.47 Å². The van der Waals surface area contributed by atoms with E-state index in [9.17, 15) is 9.90 Å². The highest BCUT2D eigenvalue weighted by atomic mass is 32.1. The fourth-order valence-corrected chi connectivity index (χ4v) is 3.47. The Morgan fingerprint density at radius 2 is 2.00 bits per heavy atom. The molecule has 0 bridgehead atoms. The van der Waals surface area contributed by atoms with Gasteiger partial charge >= 0.3 is 5.97 Å². The standard InChI is InChI=1S/C19H17NO4S/c1-23-14-8-7-12(16(11-14)24-2)9-13(10-18(21)22)19-20-15-5-3-4-6-17(15)25-19/h3-9,11H,10H2,1-2H3,(H,21,22). The molecule has 5 nitrogen and oxygen atoms in total. The monoisotopic (exact) mass is 355 g/mol. The molecule has 0 amide bonds. The second-order valence-corrected chi connectivity index (χ2v) is 6.37. The minimum Gasteiger partial charge on any atom is -0.497 e. The number of aromatic nitrogens is 1. The molecular formula is C19H17NO4S. The fourth-order valence-electron chi connectivity index (χ4n) is 2.49. The molecular weight excluding hydrogens is 338 g/mol. The number of ether oxygens (including phenoxy) is 2. The van der Waals surface area contributed by atoms with Gasteiger partial charge in [-0.1, -0.05) is 12.1 Å². The molecule has 0 aliphatic heterocycles. The second kappa shape index (κ2) is 7.36. The van der Waals surface area contributed by atoms with Gasteiger partial charge in [-0.25, -0.2) is 4.98 Å². The van der Waals surface area contributed by atoms with E-state index in [2.05, 4.69) is 4.98 Å². The molecule has 0 atom stereocenters. The summed E-state index contributed by atoms with van der Waals surface area (Å²) in [6, 6.07) is 13.2. The summed E-state index contributed by atoms with van der Waals surface area (Å²) < 4.78 is 11.6. The van der Waals surface area contributed by atoms with Gasteiger partial charge in [0.15, 0.2) is 0 Å². The van der Waals surface area contributed by atoms with Crippen LogP contribution < -0.4 is 9.47 Å². The van der Waals surface area contributed by atoms with Crippen LogP contribution >= 0.6 is 11.3 Å². The van der Waals surface area contributed by atoms with Crippen molar-refractivity contribution in [3.63, 3.8) is 0 Å². The minimum atomic E-state index is -0.905. The van der Waals surface area contributed by atoms with Gasteiger partial charge in [-0.05, 0) is 35.9 Å². The maximum atomic E-state index is 11.3. The maximum Gasteiger partial charge on any atom is 0.307 e. The number of fused-ring (bicyclic) bond motifs is 1. The Hall–Kier alpha value is -2.86. The van der Waals surface area contributed by atoms with E-state index >= 15 is 0 Å². The number of para-hydroxylation sites is 1. The van der Waals surface area contributed by atoms with Gasteiger partial charge < -0.3 is 14.6 Å². The molecule has 1 heterocycles.